The van der Waals surface area contributed by atoms with Crippen molar-refractivity contribution in [3.63, 3.8) is 0 Å². The van der Waals surface area contributed by atoms with Crippen molar-refractivity contribution in [3.05, 3.63) is 34.9 Å². The lowest BCUT2D eigenvalue weighted by atomic mass is 9.98. The third-order valence-electron chi connectivity index (χ3n) is 3.88. The summed E-state index contributed by atoms with van der Waals surface area (Å²) in [6.45, 7) is 8.52. The van der Waals surface area contributed by atoms with E-state index in [1.54, 1.807) is 4.90 Å². The predicted molar refractivity (Wildman–Crippen MR) is 83.6 cm³/mol. The highest BCUT2D eigenvalue weighted by molar-refractivity contribution is 5.94. The van der Waals surface area contributed by atoms with Crippen LogP contribution in [0.3, 0.4) is 0 Å². The first-order chi connectivity index (χ1) is 9.33. The smallest absolute Gasteiger partial charge is 0.254 e. The fourth-order valence-electron chi connectivity index (χ4n) is 1.79. The minimum Gasteiger partial charge on any atom is -0.337 e. The van der Waals surface area contributed by atoms with Gasteiger partial charge in [-0.2, -0.15) is 0 Å². The molecule has 108 valence electrons. The van der Waals surface area contributed by atoms with Crippen LogP contribution in [-0.4, -0.2) is 29.9 Å². The zero-order valence-corrected chi connectivity index (χ0v) is 13.1. The zero-order valence-electron chi connectivity index (χ0n) is 13.1. The van der Waals surface area contributed by atoms with Gasteiger partial charge in [-0.1, -0.05) is 18.8 Å². The fourth-order valence-corrected chi connectivity index (χ4v) is 1.79. The highest BCUT2D eigenvalue weighted by atomic mass is 16.2. The van der Waals surface area contributed by atoms with Gasteiger partial charge in [-0.3, -0.25) is 4.79 Å². The van der Waals surface area contributed by atoms with Crippen LogP contribution >= 0.6 is 0 Å². The van der Waals surface area contributed by atoms with E-state index in [9.17, 15) is 4.79 Å². The fraction of sp³-hybridized carbons (Fsp3) is 0.471. The minimum atomic E-state index is -0.150. The molecule has 20 heavy (non-hydrogen) atoms. The Labute approximate surface area is 122 Å². The maximum absolute atomic E-state index is 12.5. The molecule has 0 radical (unpaired) electrons. The molecule has 1 rings (SSSR count). The lowest BCUT2D eigenvalue weighted by Gasteiger charge is -2.35. The van der Waals surface area contributed by atoms with Crippen LogP contribution in [0.2, 0.25) is 0 Å². The summed E-state index contributed by atoms with van der Waals surface area (Å²) in [5, 5.41) is 0. The van der Waals surface area contributed by atoms with Crippen LogP contribution in [0.15, 0.2) is 18.2 Å². The maximum atomic E-state index is 12.5. The van der Waals surface area contributed by atoms with Crippen molar-refractivity contribution in [2.45, 2.75) is 39.7 Å². The molecule has 0 aliphatic rings. The number of amides is 1. The molecule has 0 fully saturated rings. The molecule has 0 atom stereocenters. The van der Waals surface area contributed by atoms with Crippen LogP contribution in [0, 0.1) is 18.8 Å². The van der Waals surface area contributed by atoms with E-state index in [4.69, 9.17) is 5.73 Å². The number of hydrogen-bond acceptors (Lipinski definition) is 2. The average molecular weight is 272 g/mol. The normalized spacial score (nSPS) is 10.7. The Morgan fingerprint density at radius 1 is 1.40 bits per heavy atom. The first-order valence-electron chi connectivity index (χ1n) is 6.91. The minimum absolute atomic E-state index is 0.0401. The van der Waals surface area contributed by atoms with Crippen LogP contribution in [0.25, 0.3) is 0 Å². The standard InChI is InChI=1S/C17H24N2O/c1-6-17(3,4)19(5)16(20)15-10-9-14(8-7-11-18)13(2)12-15/h9-10,12H,6,11,18H2,1-5H3. The highest BCUT2D eigenvalue weighted by Crippen LogP contribution is 2.20. The summed E-state index contributed by atoms with van der Waals surface area (Å²) in [6, 6.07) is 5.61. The van der Waals surface area contributed by atoms with Crippen LogP contribution < -0.4 is 5.73 Å². The van der Waals surface area contributed by atoms with E-state index in [-0.39, 0.29) is 11.4 Å². The molecular formula is C17H24N2O. The van der Waals surface area contributed by atoms with Crippen LogP contribution in [0.1, 0.15) is 48.7 Å². The number of carbonyl (C=O) groups excluding carboxylic acids is 1. The lowest BCUT2D eigenvalue weighted by Crippen LogP contribution is -2.44. The summed E-state index contributed by atoms with van der Waals surface area (Å²) in [5.41, 5.74) is 7.84. The van der Waals surface area contributed by atoms with Gasteiger partial charge in [-0.05, 0) is 51.0 Å². The van der Waals surface area contributed by atoms with Gasteiger partial charge >= 0.3 is 0 Å². The second-order valence-corrected chi connectivity index (χ2v) is 5.57. The van der Waals surface area contributed by atoms with Crippen molar-refractivity contribution in [1.29, 1.82) is 0 Å². The van der Waals surface area contributed by atoms with Gasteiger partial charge in [0.25, 0.3) is 5.91 Å². The second kappa shape index (κ2) is 6.58. The van der Waals surface area contributed by atoms with Gasteiger partial charge in [-0.15, -0.1) is 0 Å². The lowest BCUT2D eigenvalue weighted by molar-refractivity contribution is 0.0620. The first kappa shape index (κ1) is 16.3. The van der Waals surface area contributed by atoms with Gasteiger partial charge in [-0.25, -0.2) is 0 Å². The zero-order chi connectivity index (χ0) is 15.3. The maximum Gasteiger partial charge on any atom is 0.254 e. The van der Waals surface area contributed by atoms with Crippen molar-refractivity contribution < 1.29 is 4.79 Å². The summed E-state index contributed by atoms with van der Waals surface area (Å²) in [6.07, 6.45) is 0.911. The van der Waals surface area contributed by atoms with E-state index in [1.807, 2.05) is 32.2 Å². The van der Waals surface area contributed by atoms with Gasteiger partial charge in [0.2, 0.25) is 0 Å². The van der Waals surface area contributed by atoms with E-state index in [0.717, 1.165) is 17.5 Å². The Morgan fingerprint density at radius 2 is 2.05 bits per heavy atom. The van der Waals surface area contributed by atoms with Crippen LogP contribution in [0.4, 0.5) is 0 Å². The molecule has 3 heteroatoms. The van der Waals surface area contributed by atoms with Crippen molar-refractivity contribution in [2.24, 2.45) is 5.73 Å². The second-order valence-electron chi connectivity index (χ2n) is 5.57. The molecule has 0 aliphatic carbocycles. The van der Waals surface area contributed by atoms with Crippen LogP contribution in [-0.2, 0) is 0 Å². The number of aryl methyl sites for hydroxylation is 1. The number of nitrogens with two attached hydrogens (primary N) is 1. The summed E-state index contributed by atoms with van der Waals surface area (Å²) < 4.78 is 0. The van der Waals surface area contributed by atoms with E-state index in [0.29, 0.717) is 12.1 Å². The largest absolute Gasteiger partial charge is 0.337 e. The Kier molecular flexibility index (Phi) is 5.35. The van der Waals surface area contributed by atoms with E-state index in [1.165, 1.54) is 0 Å². The Hall–Kier alpha value is -1.79. The molecule has 1 aromatic carbocycles. The van der Waals surface area contributed by atoms with E-state index < -0.39 is 0 Å². The monoisotopic (exact) mass is 272 g/mol. The topological polar surface area (TPSA) is 46.3 Å². The Balaban J connectivity index is 3.04. The van der Waals surface area contributed by atoms with Crippen molar-refractivity contribution in [2.75, 3.05) is 13.6 Å². The van der Waals surface area contributed by atoms with Gasteiger partial charge < -0.3 is 10.6 Å². The predicted octanol–water partition coefficient (Wildman–Crippen LogP) is 2.57. The summed E-state index contributed by atoms with van der Waals surface area (Å²) in [7, 11) is 1.85. The molecule has 0 aliphatic heterocycles. The van der Waals surface area contributed by atoms with Crippen molar-refractivity contribution in [3.8, 4) is 11.8 Å². The molecule has 3 nitrogen and oxygen atoms in total. The molecule has 0 spiro atoms. The van der Waals surface area contributed by atoms with Gasteiger partial charge in [0.05, 0.1) is 6.54 Å². The van der Waals surface area contributed by atoms with Crippen molar-refractivity contribution in [1.82, 2.24) is 4.90 Å². The van der Waals surface area contributed by atoms with E-state index in [2.05, 4.69) is 32.6 Å². The molecule has 1 amide bonds. The highest BCUT2D eigenvalue weighted by Gasteiger charge is 2.26. The summed E-state index contributed by atoms with van der Waals surface area (Å²) in [5.74, 6) is 5.88. The molecule has 0 bridgehead atoms. The van der Waals surface area contributed by atoms with Crippen LogP contribution in [0.5, 0.6) is 0 Å². The SMILES string of the molecule is CCC(C)(C)N(C)C(=O)c1ccc(C#CCN)c(C)c1. The Morgan fingerprint density at radius 3 is 2.55 bits per heavy atom. The first-order valence-corrected chi connectivity index (χ1v) is 6.91. The molecule has 0 unspecified atom stereocenters. The number of rotatable bonds is 3. The number of carbonyl (C=O) groups is 1. The number of nitrogens with zero attached hydrogens (tertiary/aromatic N) is 1. The third kappa shape index (κ3) is 3.61. The number of benzene rings is 1. The molecule has 2 N–H and O–H groups in total. The molecule has 0 aromatic heterocycles. The van der Waals surface area contributed by atoms with E-state index >= 15 is 0 Å². The molecule has 0 heterocycles. The summed E-state index contributed by atoms with van der Waals surface area (Å²) >= 11 is 0. The van der Waals surface area contributed by atoms with Gasteiger partial charge in [0.15, 0.2) is 0 Å². The van der Waals surface area contributed by atoms with Crippen molar-refractivity contribution >= 4 is 5.91 Å². The quantitative estimate of drug-likeness (QED) is 0.860. The average Bonchev–Trinajstić information content (AvgIpc) is 2.44. The third-order valence-corrected chi connectivity index (χ3v) is 3.88. The molecular weight excluding hydrogens is 248 g/mol. The Bertz CT molecular complexity index is 550. The number of hydrogen-bond donors (Lipinski definition) is 1. The molecule has 0 saturated heterocycles. The molecule has 0 saturated carbocycles. The summed E-state index contributed by atoms with van der Waals surface area (Å²) in [4.78, 5) is 14.3. The molecule has 1 aromatic rings. The van der Waals surface area contributed by atoms with Gasteiger partial charge in [0.1, 0.15) is 0 Å². The van der Waals surface area contributed by atoms with Gasteiger partial charge in [0, 0.05) is 23.7 Å².